The van der Waals surface area contributed by atoms with E-state index in [-0.39, 0.29) is 12.4 Å². The number of nitrogens with zero attached hydrogens (tertiary/aromatic N) is 3. The first-order chi connectivity index (χ1) is 14.0. The van der Waals surface area contributed by atoms with Crippen LogP contribution in [0.3, 0.4) is 0 Å². The third-order valence-corrected chi connectivity index (χ3v) is 4.91. The van der Waals surface area contributed by atoms with Gasteiger partial charge in [-0.2, -0.15) is 31.6 Å². The van der Waals surface area contributed by atoms with Crippen molar-refractivity contribution in [2.75, 3.05) is 37.6 Å². The molecule has 0 saturated carbocycles. The van der Waals surface area contributed by atoms with Crippen molar-refractivity contribution in [2.45, 2.75) is 31.1 Å². The Bertz CT molecular complexity index is 834. The van der Waals surface area contributed by atoms with Crippen molar-refractivity contribution >= 4 is 24.0 Å². The van der Waals surface area contributed by atoms with Gasteiger partial charge in [-0.15, -0.1) is 12.4 Å². The van der Waals surface area contributed by atoms with Crippen LogP contribution in [-0.4, -0.2) is 62.0 Å². The Morgan fingerprint density at radius 3 is 2.48 bits per heavy atom. The standard InChI is InChI=1S/C18H18F6N4O2.ClH/c19-17(20,21)13-8-12(3-2-11(13)9-25)28-10-14(30-16(28)18(22,23)24)15(29)27-6-1-4-26-5-7-27;/h2-3,8,14,16,26H,1,4-7,10H2;1H/t14-,16+;/m0./s1. The number of halogens is 7. The summed E-state index contributed by atoms with van der Waals surface area (Å²) in [5.74, 6) is -0.639. The van der Waals surface area contributed by atoms with Crippen LogP contribution in [0.25, 0.3) is 0 Å². The first-order valence-corrected chi connectivity index (χ1v) is 9.12. The van der Waals surface area contributed by atoms with E-state index in [2.05, 4.69) is 5.32 Å². The van der Waals surface area contributed by atoms with Crippen molar-refractivity contribution in [3.8, 4) is 6.07 Å². The Balaban J connectivity index is 0.00000341. The van der Waals surface area contributed by atoms with Gasteiger partial charge in [-0.05, 0) is 31.2 Å². The molecule has 2 aliphatic rings. The Hall–Kier alpha value is -2.23. The Labute approximate surface area is 180 Å². The molecule has 2 heterocycles. The van der Waals surface area contributed by atoms with E-state index >= 15 is 0 Å². The molecule has 2 saturated heterocycles. The number of carbonyl (C=O) groups excluding carboxylic acids is 1. The van der Waals surface area contributed by atoms with E-state index in [1.165, 1.54) is 11.0 Å². The lowest BCUT2D eigenvalue weighted by molar-refractivity contribution is -0.214. The van der Waals surface area contributed by atoms with E-state index < -0.39 is 54.0 Å². The predicted octanol–water partition coefficient (Wildman–Crippen LogP) is 2.91. The molecule has 1 aromatic carbocycles. The van der Waals surface area contributed by atoms with E-state index in [9.17, 15) is 31.1 Å². The second-order valence-electron chi connectivity index (χ2n) is 6.94. The van der Waals surface area contributed by atoms with Crippen molar-refractivity contribution in [1.29, 1.82) is 5.26 Å². The van der Waals surface area contributed by atoms with Gasteiger partial charge in [0.15, 0.2) is 6.10 Å². The minimum absolute atomic E-state index is 0. The molecule has 0 aliphatic carbocycles. The maximum absolute atomic E-state index is 13.5. The lowest BCUT2D eigenvalue weighted by Crippen LogP contribution is -2.42. The Kier molecular flexibility index (Phi) is 7.67. The number of anilines is 1. The molecule has 172 valence electrons. The second-order valence-corrected chi connectivity index (χ2v) is 6.94. The van der Waals surface area contributed by atoms with Gasteiger partial charge in [0.05, 0.1) is 23.7 Å². The van der Waals surface area contributed by atoms with Gasteiger partial charge in [0.2, 0.25) is 6.23 Å². The van der Waals surface area contributed by atoms with Crippen LogP contribution < -0.4 is 10.2 Å². The molecule has 0 radical (unpaired) electrons. The van der Waals surface area contributed by atoms with Crippen LogP contribution >= 0.6 is 12.4 Å². The highest BCUT2D eigenvalue weighted by Gasteiger charge is 2.53. The van der Waals surface area contributed by atoms with Crippen LogP contribution in [0.1, 0.15) is 17.5 Å². The molecule has 2 fully saturated rings. The fourth-order valence-corrected chi connectivity index (χ4v) is 3.49. The number of alkyl halides is 6. The summed E-state index contributed by atoms with van der Waals surface area (Å²) in [5.41, 5.74) is -2.49. The van der Waals surface area contributed by atoms with Crippen LogP contribution in [0.4, 0.5) is 32.0 Å². The summed E-state index contributed by atoms with van der Waals surface area (Å²) in [7, 11) is 0. The first kappa shape index (κ1) is 25.0. The summed E-state index contributed by atoms with van der Waals surface area (Å²) < 4.78 is 85.3. The number of rotatable bonds is 2. The smallest absolute Gasteiger partial charge is 0.339 e. The largest absolute Gasteiger partial charge is 0.433 e. The number of benzene rings is 1. The molecule has 0 aromatic heterocycles. The zero-order valence-corrected chi connectivity index (χ0v) is 16.8. The molecule has 3 rings (SSSR count). The van der Waals surface area contributed by atoms with Gasteiger partial charge >= 0.3 is 12.4 Å². The number of hydrogen-bond acceptors (Lipinski definition) is 5. The summed E-state index contributed by atoms with van der Waals surface area (Å²) in [4.78, 5) is 14.7. The molecular weight excluding hydrogens is 454 g/mol. The van der Waals surface area contributed by atoms with Crippen molar-refractivity contribution in [3.63, 3.8) is 0 Å². The normalized spacial score (nSPS) is 22.5. The SMILES string of the molecule is Cl.N#Cc1ccc(N2C[C@@H](C(=O)N3CCCNCC3)O[C@@H]2C(F)(F)F)cc1C(F)(F)F. The molecular formula is C18H19ClF6N4O2. The van der Waals surface area contributed by atoms with Gasteiger partial charge in [0.1, 0.15) is 0 Å². The van der Waals surface area contributed by atoms with E-state index in [1.54, 1.807) is 0 Å². The van der Waals surface area contributed by atoms with Crippen molar-refractivity contribution in [2.24, 2.45) is 0 Å². The number of carbonyl (C=O) groups is 1. The molecule has 1 amide bonds. The molecule has 13 heteroatoms. The van der Waals surface area contributed by atoms with Gasteiger partial charge in [0.25, 0.3) is 5.91 Å². The van der Waals surface area contributed by atoms with Crippen molar-refractivity contribution in [1.82, 2.24) is 10.2 Å². The maximum Gasteiger partial charge on any atom is 0.433 e. The van der Waals surface area contributed by atoms with E-state index in [0.29, 0.717) is 43.6 Å². The van der Waals surface area contributed by atoms with Crippen LogP contribution in [0.2, 0.25) is 0 Å². The second kappa shape index (κ2) is 9.50. The summed E-state index contributed by atoms with van der Waals surface area (Å²) >= 11 is 0. The van der Waals surface area contributed by atoms with Crippen LogP contribution in [0.5, 0.6) is 0 Å². The highest BCUT2D eigenvalue weighted by molar-refractivity contribution is 5.85. The third-order valence-electron chi connectivity index (χ3n) is 4.91. The molecule has 0 bridgehead atoms. The molecule has 2 atom stereocenters. The van der Waals surface area contributed by atoms with Crippen molar-refractivity contribution < 1.29 is 35.9 Å². The number of nitrogens with one attached hydrogen (secondary N) is 1. The van der Waals surface area contributed by atoms with Crippen molar-refractivity contribution in [3.05, 3.63) is 29.3 Å². The average molecular weight is 473 g/mol. The fourth-order valence-electron chi connectivity index (χ4n) is 3.49. The number of amides is 1. The number of nitriles is 1. The molecule has 1 aromatic rings. The summed E-state index contributed by atoms with van der Waals surface area (Å²) in [6.07, 6.45) is -13.3. The lowest BCUT2D eigenvalue weighted by Gasteiger charge is -2.27. The van der Waals surface area contributed by atoms with E-state index in [0.717, 1.165) is 12.1 Å². The zero-order valence-electron chi connectivity index (χ0n) is 16.0. The summed E-state index contributed by atoms with van der Waals surface area (Å²) in [6.45, 7) is 1.23. The average Bonchev–Trinajstić information content (AvgIpc) is 2.96. The highest BCUT2D eigenvalue weighted by atomic mass is 35.5. The molecule has 6 nitrogen and oxygen atoms in total. The monoisotopic (exact) mass is 472 g/mol. The Morgan fingerprint density at radius 2 is 1.87 bits per heavy atom. The quantitative estimate of drug-likeness (QED) is 0.670. The molecule has 31 heavy (non-hydrogen) atoms. The van der Waals surface area contributed by atoms with Crippen LogP contribution in [0, 0.1) is 11.3 Å². The van der Waals surface area contributed by atoms with Crippen LogP contribution in [0.15, 0.2) is 18.2 Å². The third kappa shape index (κ3) is 5.53. The predicted molar refractivity (Wildman–Crippen MR) is 99.5 cm³/mol. The first-order valence-electron chi connectivity index (χ1n) is 9.12. The molecule has 0 unspecified atom stereocenters. The topological polar surface area (TPSA) is 68.6 Å². The lowest BCUT2D eigenvalue weighted by atomic mass is 10.1. The van der Waals surface area contributed by atoms with Gasteiger partial charge in [-0.3, -0.25) is 4.79 Å². The highest BCUT2D eigenvalue weighted by Crippen LogP contribution is 2.39. The molecule has 2 aliphatic heterocycles. The zero-order chi connectivity index (χ0) is 22.1. The van der Waals surface area contributed by atoms with Crippen LogP contribution in [-0.2, 0) is 15.7 Å². The van der Waals surface area contributed by atoms with E-state index in [4.69, 9.17) is 10.00 Å². The molecule has 1 N–H and O–H groups in total. The van der Waals surface area contributed by atoms with Gasteiger partial charge < -0.3 is 19.9 Å². The Morgan fingerprint density at radius 1 is 1.16 bits per heavy atom. The van der Waals surface area contributed by atoms with Gasteiger partial charge in [0, 0.05) is 25.3 Å². The van der Waals surface area contributed by atoms with Gasteiger partial charge in [-0.1, -0.05) is 0 Å². The number of hydrogen-bond donors (Lipinski definition) is 1. The maximum atomic E-state index is 13.5. The summed E-state index contributed by atoms with van der Waals surface area (Å²) in [6, 6.07) is 3.65. The van der Waals surface area contributed by atoms with Gasteiger partial charge in [-0.25, -0.2) is 0 Å². The summed E-state index contributed by atoms with van der Waals surface area (Å²) in [5, 5.41) is 11.9. The minimum Gasteiger partial charge on any atom is -0.339 e. The molecule has 0 spiro atoms. The fraction of sp³-hybridized carbons (Fsp3) is 0.556. The number of ether oxygens (including phenoxy) is 1. The van der Waals surface area contributed by atoms with E-state index in [1.807, 2.05) is 0 Å². The minimum atomic E-state index is -4.94.